The summed E-state index contributed by atoms with van der Waals surface area (Å²) in [7, 11) is 4.08. The first kappa shape index (κ1) is 22.4. The van der Waals surface area contributed by atoms with E-state index in [1.54, 1.807) is 0 Å². The number of nitrogens with zero attached hydrogens (tertiary/aromatic N) is 3. The summed E-state index contributed by atoms with van der Waals surface area (Å²) < 4.78 is 6.00. The molecule has 0 bridgehead atoms. The van der Waals surface area contributed by atoms with Gasteiger partial charge < -0.3 is 25.2 Å². The van der Waals surface area contributed by atoms with E-state index in [1.165, 1.54) is 26.2 Å². The molecule has 2 fully saturated rings. The summed E-state index contributed by atoms with van der Waals surface area (Å²) in [4.78, 5) is 9.47. The summed E-state index contributed by atoms with van der Waals surface area (Å²) >= 11 is 0. The van der Waals surface area contributed by atoms with E-state index in [2.05, 4.69) is 60.2 Å². The Balaban J connectivity index is 1.78. The lowest BCUT2D eigenvalue weighted by Gasteiger charge is -2.55. The van der Waals surface area contributed by atoms with E-state index < -0.39 is 0 Å². The zero-order valence-electron chi connectivity index (χ0n) is 18.6. The number of piperazine rings is 1. The van der Waals surface area contributed by atoms with Gasteiger partial charge in [0.15, 0.2) is 5.96 Å². The Morgan fingerprint density at radius 3 is 2.41 bits per heavy atom. The van der Waals surface area contributed by atoms with Crippen molar-refractivity contribution in [3.8, 4) is 0 Å². The summed E-state index contributed by atoms with van der Waals surface area (Å²) in [5, 5.41) is 7.25. The van der Waals surface area contributed by atoms with Crippen molar-refractivity contribution in [2.24, 2.45) is 16.3 Å². The molecule has 1 saturated heterocycles. The van der Waals surface area contributed by atoms with Crippen LogP contribution >= 0.6 is 0 Å². The zero-order chi connectivity index (χ0) is 19.9. The normalized spacial score (nSPS) is 27.9. The Labute approximate surface area is 167 Å². The van der Waals surface area contributed by atoms with Crippen molar-refractivity contribution >= 4 is 5.96 Å². The number of nitrogens with one attached hydrogen (secondary N) is 2. The highest BCUT2D eigenvalue weighted by Crippen LogP contribution is 2.48. The number of hydrogen-bond acceptors (Lipinski definition) is 4. The molecule has 158 valence electrons. The Hall–Kier alpha value is -0.850. The van der Waals surface area contributed by atoms with Crippen LogP contribution in [0.5, 0.6) is 0 Å². The monoisotopic (exact) mass is 381 g/mol. The van der Waals surface area contributed by atoms with E-state index in [-0.39, 0.29) is 5.41 Å². The first-order valence-corrected chi connectivity index (χ1v) is 11.0. The van der Waals surface area contributed by atoms with Crippen molar-refractivity contribution in [1.82, 2.24) is 20.4 Å². The smallest absolute Gasteiger partial charge is 0.191 e. The Bertz CT molecular complexity index is 457. The maximum atomic E-state index is 6.00. The van der Waals surface area contributed by atoms with E-state index in [0.29, 0.717) is 18.1 Å². The second kappa shape index (κ2) is 10.6. The van der Waals surface area contributed by atoms with Gasteiger partial charge in [-0.15, -0.1) is 0 Å². The minimum atomic E-state index is 0.235. The van der Waals surface area contributed by atoms with Crippen LogP contribution in [0.25, 0.3) is 0 Å². The predicted molar refractivity (Wildman–Crippen MR) is 114 cm³/mol. The van der Waals surface area contributed by atoms with Crippen molar-refractivity contribution in [1.29, 1.82) is 0 Å². The van der Waals surface area contributed by atoms with E-state index in [9.17, 15) is 0 Å². The third kappa shape index (κ3) is 5.58. The highest BCUT2D eigenvalue weighted by atomic mass is 16.5. The number of likely N-dealkylation sites (N-methyl/N-ethyl adjacent to an activating group) is 1. The summed E-state index contributed by atoms with van der Waals surface area (Å²) in [6.07, 6.45) is 3.74. The fourth-order valence-corrected chi connectivity index (χ4v) is 4.75. The Morgan fingerprint density at radius 2 is 1.85 bits per heavy atom. The van der Waals surface area contributed by atoms with Gasteiger partial charge in [-0.25, -0.2) is 0 Å². The molecule has 6 nitrogen and oxygen atoms in total. The quantitative estimate of drug-likeness (QED) is 0.473. The van der Waals surface area contributed by atoms with Gasteiger partial charge in [0.25, 0.3) is 0 Å². The van der Waals surface area contributed by atoms with Gasteiger partial charge in [0.2, 0.25) is 0 Å². The minimum Gasteiger partial charge on any atom is -0.378 e. The molecule has 3 atom stereocenters. The molecule has 2 rings (SSSR count). The van der Waals surface area contributed by atoms with Crippen molar-refractivity contribution in [2.75, 3.05) is 60.0 Å². The van der Waals surface area contributed by atoms with E-state index >= 15 is 0 Å². The van der Waals surface area contributed by atoms with Gasteiger partial charge in [-0.2, -0.15) is 0 Å². The topological polar surface area (TPSA) is 52.1 Å². The number of guanidine groups is 1. The van der Waals surface area contributed by atoms with Crippen LogP contribution in [0.15, 0.2) is 4.99 Å². The first-order valence-electron chi connectivity index (χ1n) is 11.0. The van der Waals surface area contributed by atoms with E-state index in [4.69, 9.17) is 4.74 Å². The van der Waals surface area contributed by atoms with Crippen LogP contribution < -0.4 is 10.6 Å². The summed E-state index contributed by atoms with van der Waals surface area (Å²) in [5.41, 5.74) is 0.235. The number of hydrogen-bond donors (Lipinski definition) is 2. The lowest BCUT2D eigenvalue weighted by Crippen LogP contribution is -2.65. The van der Waals surface area contributed by atoms with Crippen LogP contribution in [0.4, 0.5) is 0 Å². The zero-order valence-corrected chi connectivity index (χ0v) is 18.6. The molecule has 27 heavy (non-hydrogen) atoms. The molecule has 1 aliphatic carbocycles. The summed E-state index contributed by atoms with van der Waals surface area (Å²) in [6.45, 7) is 16.7. The predicted octanol–water partition coefficient (Wildman–Crippen LogP) is 2.02. The molecule has 0 aromatic heterocycles. The van der Waals surface area contributed by atoms with Crippen LogP contribution in [-0.2, 0) is 4.74 Å². The molecule has 2 N–H and O–H groups in total. The van der Waals surface area contributed by atoms with Crippen LogP contribution in [-0.4, -0.2) is 87.9 Å². The van der Waals surface area contributed by atoms with Crippen LogP contribution in [0, 0.1) is 11.3 Å². The molecule has 1 aliphatic heterocycles. The maximum absolute atomic E-state index is 6.00. The van der Waals surface area contributed by atoms with Crippen molar-refractivity contribution in [3.05, 3.63) is 0 Å². The van der Waals surface area contributed by atoms with Gasteiger partial charge in [-0.3, -0.25) is 4.99 Å². The highest BCUT2D eigenvalue weighted by Gasteiger charge is 2.53. The second-order valence-corrected chi connectivity index (χ2v) is 8.48. The largest absolute Gasteiger partial charge is 0.378 e. The van der Waals surface area contributed by atoms with Gasteiger partial charge >= 0.3 is 0 Å². The third-order valence-corrected chi connectivity index (χ3v) is 6.79. The molecule has 0 aromatic rings. The number of rotatable bonds is 9. The average molecular weight is 382 g/mol. The van der Waals surface area contributed by atoms with Gasteiger partial charge in [0.1, 0.15) is 0 Å². The van der Waals surface area contributed by atoms with Crippen molar-refractivity contribution in [3.63, 3.8) is 0 Å². The first-order chi connectivity index (χ1) is 13.0. The third-order valence-electron chi connectivity index (χ3n) is 6.79. The lowest BCUT2D eigenvalue weighted by atomic mass is 9.58. The van der Waals surface area contributed by atoms with Crippen molar-refractivity contribution < 1.29 is 4.74 Å². The number of ether oxygens (including phenoxy) is 1. The second-order valence-electron chi connectivity index (χ2n) is 8.48. The van der Waals surface area contributed by atoms with E-state index in [1.807, 2.05) is 7.05 Å². The molecule has 2 aliphatic rings. The maximum Gasteiger partial charge on any atom is 0.191 e. The molecular weight excluding hydrogens is 338 g/mol. The lowest BCUT2D eigenvalue weighted by molar-refractivity contribution is -0.133. The summed E-state index contributed by atoms with van der Waals surface area (Å²) in [6, 6.07) is 0.447. The Kier molecular flexibility index (Phi) is 8.83. The minimum absolute atomic E-state index is 0.235. The average Bonchev–Trinajstić information content (AvgIpc) is 2.66. The molecular formula is C21H43N5O. The fraction of sp³-hybridized carbons (Fsp3) is 0.952. The summed E-state index contributed by atoms with van der Waals surface area (Å²) in [5.74, 6) is 1.54. The molecule has 0 amide bonds. The van der Waals surface area contributed by atoms with Crippen molar-refractivity contribution in [2.45, 2.75) is 59.1 Å². The molecule has 3 unspecified atom stereocenters. The van der Waals surface area contributed by atoms with E-state index in [0.717, 1.165) is 44.9 Å². The number of aliphatic imine (C=N–C) groups is 1. The molecule has 1 heterocycles. The van der Waals surface area contributed by atoms with Gasteiger partial charge in [0, 0.05) is 64.4 Å². The van der Waals surface area contributed by atoms with Crippen LogP contribution in [0.1, 0.15) is 47.0 Å². The molecule has 1 saturated carbocycles. The highest BCUT2D eigenvalue weighted by molar-refractivity contribution is 5.80. The van der Waals surface area contributed by atoms with Crippen LogP contribution in [0.3, 0.4) is 0 Å². The van der Waals surface area contributed by atoms with Gasteiger partial charge in [-0.05, 0) is 39.2 Å². The molecule has 0 spiro atoms. The van der Waals surface area contributed by atoms with Gasteiger partial charge in [0.05, 0.1) is 6.10 Å². The molecule has 0 radical (unpaired) electrons. The molecule has 0 aromatic carbocycles. The van der Waals surface area contributed by atoms with Crippen LogP contribution in [0.2, 0.25) is 0 Å². The standard InChI is InChI=1S/C21H43N5O/c1-7-21(8-2)18(14-19(21)27-9-3)24-20(22-5)23-15-17(4)16-26-12-10-25(6)11-13-26/h17-19H,7-16H2,1-6H3,(H2,22,23,24). The van der Waals surface area contributed by atoms with Gasteiger partial charge in [-0.1, -0.05) is 20.8 Å². The Morgan fingerprint density at radius 1 is 1.19 bits per heavy atom. The molecule has 6 heteroatoms. The fourth-order valence-electron chi connectivity index (χ4n) is 4.75. The SMILES string of the molecule is CCOC1CC(NC(=NC)NCC(C)CN2CCN(C)CC2)C1(CC)CC.